The zero-order valence-electron chi connectivity index (χ0n) is 10.9. The van der Waals surface area contributed by atoms with E-state index in [4.69, 9.17) is 0 Å². The van der Waals surface area contributed by atoms with Crippen LogP contribution in [0.1, 0.15) is 57.8 Å². The van der Waals surface area contributed by atoms with E-state index in [9.17, 15) is 4.79 Å². The average molecular weight is 312 g/mol. The van der Waals surface area contributed by atoms with Gasteiger partial charge in [-0.1, -0.05) is 15.9 Å². The van der Waals surface area contributed by atoms with E-state index in [1.165, 1.54) is 51.4 Å². The highest BCUT2D eigenvalue weighted by Crippen LogP contribution is 2.65. The molecule has 0 spiro atoms. The second-order valence-electron chi connectivity index (χ2n) is 7.63. The first-order valence-electron chi connectivity index (χ1n) is 7.53. The molecule has 0 aliphatic heterocycles. The number of nitrogens with one attached hydrogen (secondary N) is 1. The third kappa shape index (κ3) is 2.03. The molecule has 18 heavy (non-hydrogen) atoms. The molecule has 2 nitrogen and oxygen atoms in total. The van der Waals surface area contributed by atoms with Crippen LogP contribution < -0.4 is 5.32 Å². The summed E-state index contributed by atoms with van der Waals surface area (Å²) in [5, 5.41) is 3.19. The quantitative estimate of drug-likeness (QED) is 0.795. The maximum absolute atomic E-state index is 12.2. The fraction of sp³-hybridized carbons (Fsp3) is 0.933. The second kappa shape index (κ2) is 3.74. The summed E-state index contributed by atoms with van der Waals surface area (Å²) >= 11 is 4.01. The number of amides is 1. The number of rotatable bonds is 3. The van der Waals surface area contributed by atoms with Gasteiger partial charge in [0.1, 0.15) is 0 Å². The van der Waals surface area contributed by atoms with Gasteiger partial charge < -0.3 is 5.32 Å². The minimum absolute atomic E-state index is 0.329. The lowest BCUT2D eigenvalue weighted by Gasteiger charge is -2.60. The monoisotopic (exact) mass is 311 g/mol. The fourth-order valence-corrected chi connectivity index (χ4v) is 6.90. The average Bonchev–Trinajstić information content (AvgIpc) is 2.95. The Labute approximate surface area is 117 Å². The van der Waals surface area contributed by atoms with Crippen molar-refractivity contribution in [3.8, 4) is 0 Å². The molecule has 2 unspecified atom stereocenters. The Hall–Kier alpha value is -0.0500. The van der Waals surface area contributed by atoms with Gasteiger partial charge in [-0.2, -0.15) is 0 Å². The van der Waals surface area contributed by atoms with E-state index in [0.29, 0.717) is 21.7 Å². The van der Waals surface area contributed by atoms with Crippen LogP contribution in [0.4, 0.5) is 0 Å². The Balaban J connectivity index is 1.50. The van der Waals surface area contributed by atoms with Crippen LogP contribution in [0.2, 0.25) is 0 Å². The first-order valence-corrected chi connectivity index (χ1v) is 8.32. The number of hydrogen-bond acceptors (Lipinski definition) is 1. The second-order valence-corrected chi connectivity index (χ2v) is 9.31. The summed E-state index contributed by atoms with van der Waals surface area (Å²) in [5.41, 5.74) is 0.340. The van der Waals surface area contributed by atoms with Crippen LogP contribution in [0, 0.1) is 17.3 Å². The molecule has 0 saturated heterocycles. The Morgan fingerprint density at radius 1 is 1.17 bits per heavy atom. The van der Waals surface area contributed by atoms with Gasteiger partial charge >= 0.3 is 0 Å². The maximum Gasteiger partial charge on any atom is 0.220 e. The van der Waals surface area contributed by atoms with Gasteiger partial charge in [-0.05, 0) is 68.6 Å². The van der Waals surface area contributed by atoms with Crippen molar-refractivity contribution in [1.82, 2.24) is 5.32 Å². The van der Waals surface area contributed by atoms with E-state index in [1.54, 1.807) is 0 Å². The van der Waals surface area contributed by atoms with Gasteiger partial charge in [0, 0.05) is 16.8 Å². The molecule has 5 aliphatic rings. The van der Waals surface area contributed by atoms with E-state index in [2.05, 4.69) is 21.2 Å². The van der Waals surface area contributed by atoms with E-state index in [1.807, 2.05) is 0 Å². The van der Waals surface area contributed by atoms with Crippen molar-refractivity contribution in [3.63, 3.8) is 0 Å². The first kappa shape index (κ1) is 11.7. The fourth-order valence-electron chi connectivity index (χ4n) is 5.39. The molecule has 0 aromatic carbocycles. The predicted octanol–water partition coefficient (Wildman–Crippen LogP) is 3.39. The maximum atomic E-state index is 12.2. The molecule has 0 aromatic rings. The largest absolute Gasteiger partial charge is 0.353 e. The molecular weight excluding hydrogens is 290 g/mol. The lowest BCUT2D eigenvalue weighted by molar-refractivity contribution is -0.128. The number of halogens is 1. The first-order chi connectivity index (χ1) is 8.54. The molecule has 0 aromatic heterocycles. The van der Waals surface area contributed by atoms with Crippen LogP contribution in [0.25, 0.3) is 0 Å². The third-order valence-electron chi connectivity index (χ3n) is 5.59. The molecule has 4 bridgehead atoms. The normalized spacial score (nSPS) is 49.4. The molecule has 0 heterocycles. The predicted molar refractivity (Wildman–Crippen MR) is 74.6 cm³/mol. The van der Waals surface area contributed by atoms with Crippen LogP contribution in [-0.2, 0) is 4.79 Å². The van der Waals surface area contributed by atoms with Gasteiger partial charge in [-0.15, -0.1) is 0 Å². The standard InChI is InChI=1S/C15H22BrNO/c16-15-6-10-3-11(7-15)5-14(4-10,9-15)8-13(18)17-12-1-2-12/h10-12H,1-9H2,(H,17,18). The van der Waals surface area contributed by atoms with Gasteiger partial charge in [0.25, 0.3) is 0 Å². The smallest absolute Gasteiger partial charge is 0.220 e. The molecule has 1 N–H and O–H groups in total. The van der Waals surface area contributed by atoms with E-state index in [-0.39, 0.29) is 0 Å². The number of alkyl halides is 1. The molecule has 100 valence electrons. The molecule has 2 atom stereocenters. The summed E-state index contributed by atoms with van der Waals surface area (Å²) in [7, 11) is 0. The molecule has 1 amide bonds. The molecule has 5 rings (SSSR count). The van der Waals surface area contributed by atoms with Crippen molar-refractivity contribution in [3.05, 3.63) is 0 Å². The van der Waals surface area contributed by atoms with Crippen molar-refractivity contribution in [2.75, 3.05) is 0 Å². The highest BCUT2D eigenvalue weighted by molar-refractivity contribution is 9.10. The van der Waals surface area contributed by atoms with Crippen LogP contribution in [0.3, 0.4) is 0 Å². The topological polar surface area (TPSA) is 29.1 Å². The molecule has 5 fully saturated rings. The van der Waals surface area contributed by atoms with Crippen molar-refractivity contribution < 1.29 is 4.79 Å². The molecular formula is C15H22BrNO. The summed E-state index contributed by atoms with van der Waals surface area (Å²) in [6.07, 6.45) is 11.2. The molecule has 5 aliphatic carbocycles. The van der Waals surface area contributed by atoms with Gasteiger partial charge in [-0.3, -0.25) is 4.79 Å². The molecule has 3 heteroatoms. The van der Waals surface area contributed by atoms with Crippen molar-refractivity contribution >= 4 is 21.8 Å². The zero-order chi connectivity index (χ0) is 12.4. The minimum atomic E-state index is 0.329. The van der Waals surface area contributed by atoms with Gasteiger partial charge in [0.05, 0.1) is 0 Å². The zero-order valence-corrected chi connectivity index (χ0v) is 12.5. The minimum Gasteiger partial charge on any atom is -0.353 e. The SMILES string of the molecule is O=C(CC12CC3CC(CC(Br)(C3)C1)C2)NC1CC1. The van der Waals surface area contributed by atoms with E-state index < -0.39 is 0 Å². The lowest BCUT2D eigenvalue weighted by Crippen LogP contribution is -2.54. The Bertz CT molecular complexity index is 376. The Morgan fingerprint density at radius 2 is 1.83 bits per heavy atom. The van der Waals surface area contributed by atoms with Gasteiger partial charge in [0.2, 0.25) is 5.91 Å². The summed E-state index contributed by atoms with van der Waals surface area (Å²) in [6.45, 7) is 0. The number of carbonyl (C=O) groups excluding carboxylic acids is 1. The van der Waals surface area contributed by atoms with Crippen LogP contribution in [0.15, 0.2) is 0 Å². The van der Waals surface area contributed by atoms with Crippen molar-refractivity contribution in [2.24, 2.45) is 17.3 Å². The number of hydrogen-bond donors (Lipinski definition) is 1. The van der Waals surface area contributed by atoms with Crippen molar-refractivity contribution in [2.45, 2.75) is 68.2 Å². The van der Waals surface area contributed by atoms with Crippen LogP contribution in [0.5, 0.6) is 0 Å². The van der Waals surface area contributed by atoms with E-state index >= 15 is 0 Å². The number of carbonyl (C=O) groups is 1. The highest BCUT2D eigenvalue weighted by Gasteiger charge is 2.57. The Morgan fingerprint density at radius 3 is 2.39 bits per heavy atom. The molecule has 0 radical (unpaired) electrons. The summed E-state index contributed by atoms with van der Waals surface area (Å²) < 4.78 is 0.386. The lowest BCUT2D eigenvalue weighted by atomic mass is 9.48. The van der Waals surface area contributed by atoms with Crippen LogP contribution in [-0.4, -0.2) is 16.3 Å². The Kier molecular flexibility index (Phi) is 2.44. The van der Waals surface area contributed by atoms with Gasteiger partial charge in [-0.25, -0.2) is 0 Å². The summed E-state index contributed by atoms with van der Waals surface area (Å²) in [5.74, 6) is 2.11. The molecule has 5 saturated carbocycles. The summed E-state index contributed by atoms with van der Waals surface area (Å²) in [6, 6.07) is 0.518. The van der Waals surface area contributed by atoms with Crippen LogP contribution >= 0.6 is 15.9 Å². The van der Waals surface area contributed by atoms with Gasteiger partial charge in [0.15, 0.2) is 0 Å². The van der Waals surface area contributed by atoms with E-state index in [0.717, 1.165) is 18.3 Å². The third-order valence-corrected chi connectivity index (χ3v) is 6.52. The summed E-state index contributed by atoms with van der Waals surface area (Å²) in [4.78, 5) is 12.2. The highest BCUT2D eigenvalue weighted by atomic mass is 79.9. The van der Waals surface area contributed by atoms with Crippen molar-refractivity contribution in [1.29, 1.82) is 0 Å².